The minimum atomic E-state index is -0.422. The Hall–Kier alpha value is -4.66. The monoisotopic (exact) mass is 486 g/mol. The zero-order valence-corrected chi connectivity index (χ0v) is 20.1. The molecule has 0 saturated heterocycles. The third-order valence-corrected chi connectivity index (χ3v) is 5.56. The molecule has 0 aliphatic carbocycles. The summed E-state index contributed by atoms with van der Waals surface area (Å²) < 4.78 is 7.40. The second kappa shape index (κ2) is 10.3. The van der Waals surface area contributed by atoms with Crippen LogP contribution < -0.4 is 10.1 Å². The van der Waals surface area contributed by atoms with Gasteiger partial charge in [0.1, 0.15) is 29.3 Å². The highest BCUT2D eigenvalue weighted by Crippen LogP contribution is 2.38. The van der Waals surface area contributed by atoms with Crippen molar-refractivity contribution >= 4 is 12.2 Å². The van der Waals surface area contributed by atoms with Crippen LogP contribution in [0.25, 0.3) is 17.1 Å². The Balaban J connectivity index is 1.77. The molecule has 0 fully saturated rings. The van der Waals surface area contributed by atoms with Crippen molar-refractivity contribution in [3.05, 3.63) is 77.6 Å². The fourth-order valence-electron chi connectivity index (χ4n) is 3.74. The van der Waals surface area contributed by atoms with Crippen LogP contribution in [0.4, 0.5) is 0 Å². The van der Waals surface area contributed by atoms with Crippen LogP contribution in [0.5, 0.6) is 23.0 Å². The third kappa shape index (κ3) is 4.90. The summed E-state index contributed by atoms with van der Waals surface area (Å²) in [6, 6.07) is 16.6. The van der Waals surface area contributed by atoms with Gasteiger partial charge in [0, 0.05) is 23.9 Å². The van der Waals surface area contributed by atoms with Crippen LogP contribution in [-0.2, 0) is 0 Å². The van der Waals surface area contributed by atoms with Crippen molar-refractivity contribution in [2.45, 2.75) is 26.7 Å². The Bertz CT molecular complexity index is 1390. The smallest absolute Gasteiger partial charge is 0.289 e. The second-order valence-electron chi connectivity index (χ2n) is 8.41. The zero-order chi connectivity index (χ0) is 25.8. The van der Waals surface area contributed by atoms with Gasteiger partial charge in [-0.15, -0.1) is 10.2 Å². The lowest BCUT2D eigenvalue weighted by molar-refractivity contribution is 0.0943. The van der Waals surface area contributed by atoms with Crippen molar-refractivity contribution < 1.29 is 24.5 Å². The van der Waals surface area contributed by atoms with Gasteiger partial charge in [-0.25, -0.2) is 0 Å². The van der Waals surface area contributed by atoms with E-state index in [1.165, 1.54) is 6.07 Å². The molecule has 0 radical (unpaired) electrons. The highest BCUT2D eigenvalue weighted by Gasteiger charge is 2.24. The molecule has 4 rings (SSSR count). The number of phenolic OH excluding ortho intramolecular Hbond substituents is 2. The number of aldehydes is 1. The van der Waals surface area contributed by atoms with Crippen molar-refractivity contribution in [2.24, 2.45) is 0 Å². The molecule has 0 saturated carbocycles. The molecule has 184 valence electrons. The fraction of sp³-hybridized carbons (Fsp3) is 0.185. The molecule has 9 heteroatoms. The standard InChI is InChI=1S/C27H26N4O5/c1-4-28-27(35)26-30-29-25(22-13-21(16(2)3)23(33)14-24(22)34)31(26)18-7-11-20(12-8-18)36-19-9-5-17(15-32)6-10-19/h5-16,33-34H,4H2,1-3H3,(H,28,35). The van der Waals surface area contributed by atoms with Gasteiger partial charge in [0.05, 0.1) is 5.56 Å². The van der Waals surface area contributed by atoms with E-state index in [2.05, 4.69) is 15.5 Å². The van der Waals surface area contributed by atoms with E-state index in [0.29, 0.717) is 40.4 Å². The van der Waals surface area contributed by atoms with E-state index >= 15 is 0 Å². The minimum absolute atomic E-state index is 0.0133. The highest BCUT2D eigenvalue weighted by atomic mass is 16.5. The molecule has 0 aliphatic heterocycles. The first-order valence-electron chi connectivity index (χ1n) is 11.5. The third-order valence-electron chi connectivity index (χ3n) is 5.56. The van der Waals surface area contributed by atoms with Crippen LogP contribution in [0.15, 0.2) is 60.7 Å². The van der Waals surface area contributed by atoms with Crippen LogP contribution >= 0.6 is 0 Å². The molecule has 4 aromatic rings. The maximum absolute atomic E-state index is 12.8. The summed E-state index contributed by atoms with van der Waals surface area (Å²) in [7, 11) is 0. The largest absolute Gasteiger partial charge is 0.508 e. The fourth-order valence-corrected chi connectivity index (χ4v) is 3.74. The highest BCUT2D eigenvalue weighted by molar-refractivity contribution is 5.92. The summed E-state index contributed by atoms with van der Waals surface area (Å²) in [6.07, 6.45) is 0.762. The van der Waals surface area contributed by atoms with Gasteiger partial charge in [-0.2, -0.15) is 0 Å². The molecule has 36 heavy (non-hydrogen) atoms. The molecule has 0 bridgehead atoms. The van der Waals surface area contributed by atoms with Crippen molar-refractivity contribution in [1.82, 2.24) is 20.1 Å². The lowest BCUT2D eigenvalue weighted by atomic mass is 9.98. The molecule has 3 N–H and O–H groups in total. The molecule has 3 aromatic carbocycles. The molecule has 0 aliphatic rings. The first-order chi connectivity index (χ1) is 17.3. The molecule has 1 heterocycles. The SMILES string of the molecule is CCNC(=O)c1nnc(-c2cc(C(C)C)c(O)cc2O)n1-c1ccc(Oc2ccc(C=O)cc2)cc1. The van der Waals surface area contributed by atoms with Gasteiger partial charge in [-0.05, 0) is 73.0 Å². The van der Waals surface area contributed by atoms with Gasteiger partial charge < -0.3 is 20.3 Å². The topological polar surface area (TPSA) is 127 Å². The van der Waals surface area contributed by atoms with Crippen LogP contribution in [-0.4, -0.2) is 43.7 Å². The molecule has 1 amide bonds. The summed E-state index contributed by atoms with van der Waals surface area (Å²) in [5, 5.41) is 31.9. The average molecular weight is 487 g/mol. The number of nitrogens with zero attached hydrogens (tertiary/aromatic N) is 3. The number of hydrogen-bond donors (Lipinski definition) is 3. The summed E-state index contributed by atoms with van der Waals surface area (Å²) in [4.78, 5) is 23.6. The Kier molecular flexibility index (Phi) is 7.00. The predicted molar refractivity (Wildman–Crippen MR) is 134 cm³/mol. The minimum Gasteiger partial charge on any atom is -0.508 e. The number of benzene rings is 3. The van der Waals surface area contributed by atoms with E-state index in [1.54, 1.807) is 66.1 Å². The molecular weight excluding hydrogens is 460 g/mol. The summed E-state index contributed by atoms with van der Waals surface area (Å²) in [6.45, 7) is 6.05. The quantitative estimate of drug-likeness (QED) is 0.305. The average Bonchev–Trinajstić information content (AvgIpc) is 3.30. The van der Waals surface area contributed by atoms with Crippen LogP contribution in [0.2, 0.25) is 0 Å². The Morgan fingerprint density at radius 1 is 1.00 bits per heavy atom. The van der Waals surface area contributed by atoms with Gasteiger partial charge in [0.2, 0.25) is 5.82 Å². The van der Waals surface area contributed by atoms with E-state index in [4.69, 9.17) is 4.74 Å². The number of aromatic nitrogens is 3. The summed E-state index contributed by atoms with van der Waals surface area (Å²) >= 11 is 0. The summed E-state index contributed by atoms with van der Waals surface area (Å²) in [5.74, 6) is 0.751. The number of ether oxygens (including phenoxy) is 1. The van der Waals surface area contributed by atoms with Crippen molar-refractivity contribution in [2.75, 3.05) is 6.54 Å². The predicted octanol–water partition coefficient (Wildman–Crippen LogP) is 4.82. The molecular formula is C27H26N4O5. The van der Waals surface area contributed by atoms with Crippen molar-refractivity contribution in [1.29, 1.82) is 0 Å². The molecule has 0 spiro atoms. The maximum Gasteiger partial charge on any atom is 0.289 e. The van der Waals surface area contributed by atoms with Crippen LogP contribution in [0.1, 0.15) is 53.2 Å². The number of rotatable bonds is 8. The van der Waals surface area contributed by atoms with E-state index in [0.717, 1.165) is 6.29 Å². The first kappa shape index (κ1) is 24.5. The molecule has 0 unspecified atom stereocenters. The molecule has 0 atom stereocenters. The second-order valence-corrected chi connectivity index (χ2v) is 8.41. The van der Waals surface area contributed by atoms with E-state index in [1.807, 2.05) is 13.8 Å². The summed E-state index contributed by atoms with van der Waals surface area (Å²) in [5.41, 5.74) is 2.07. The Morgan fingerprint density at radius 2 is 1.64 bits per heavy atom. The van der Waals surface area contributed by atoms with E-state index < -0.39 is 5.91 Å². The molecule has 1 aromatic heterocycles. The molecule has 9 nitrogen and oxygen atoms in total. The van der Waals surface area contributed by atoms with Gasteiger partial charge in [0.15, 0.2) is 5.82 Å². The van der Waals surface area contributed by atoms with Gasteiger partial charge in [0.25, 0.3) is 5.91 Å². The van der Waals surface area contributed by atoms with Crippen molar-refractivity contribution in [3.63, 3.8) is 0 Å². The number of carbonyl (C=O) groups excluding carboxylic acids is 2. The number of phenols is 2. The van der Waals surface area contributed by atoms with Gasteiger partial charge in [-0.1, -0.05) is 13.8 Å². The number of hydrogen-bond acceptors (Lipinski definition) is 7. The first-order valence-corrected chi connectivity index (χ1v) is 11.5. The number of nitrogens with one attached hydrogen (secondary N) is 1. The van der Waals surface area contributed by atoms with Gasteiger partial charge in [-0.3, -0.25) is 14.2 Å². The van der Waals surface area contributed by atoms with Crippen molar-refractivity contribution in [3.8, 4) is 40.1 Å². The lowest BCUT2D eigenvalue weighted by Crippen LogP contribution is -2.26. The Labute approximate surface area is 208 Å². The zero-order valence-electron chi connectivity index (χ0n) is 20.1. The van der Waals surface area contributed by atoms with E-state index in [9.17, 15) is 19.8 Å². The maximum atomic E-state index is 12.8. The Morgan fingerprint density at radius 3 is 2.22 bits per heavy atom. The van der Waals surface area contributed by atoms with Crippen LogP contribution in [0, 0.1) is 0 Å². The van der Waals surface area contributed by atoms with E-state index in [-0.39, 0.29) is 29.1 Å². The lowest BCUT2D eigenvalue weighted by Gasteiger charge is -2.15. The van der Waals surface area contributed by atoms with Gasteiger partial charge >= 0.3 is 0 Å². The number of amides is 1. The number of carbonyl (C=O) groups is 2. The normalized spacial score (nSPS) is 10.9. The van der Waals surface area contributed by atoms with Crippen LogP contribution in [0.3, 0.4) is 0 Å². The number of aromatic hydroxyl groups is 2.